The minimum absolute atomic E-state index is 0.186. The number of amides is 3. The fourth-order valence-electron chi connectivity index (χ4n) is 1.96. The number of carbonyl (C=O) groups excluding carboxylic acids is 2. The molecule has 1 aliphatic heterocycles. The Bertz CT molecular complexity index is 327. The molecule has 0 unspecified atom stereocenters. The molecule has 0 aromatic rings. The lowest BCUT2D eigenvalue weighted by molar-refractivity contribution is -0.138. The van der Waals surface area contributed by atoms with E-state index in [4.69, 9.17) is 5.11 Å². The molecule has 0 saturated carbocycles. The molecule has 0 bridgehead atoms. The molecule has 7 nitrogen and oxygen atoms in total. The van der Waals surface area contributed by atoms with Crippen LogP contribution >= 0.6 is 0 Å². The predicted molar refractivity (Wildman–Crippen MR) is 68.7 cm³/mol. The van der Waals surface area contributed by atoms with Crippen LogP contribution < -0.4 is 10.6 Å². The highest BCUT2D eigenvalue weighted by molar-refractivity contribution is 5.95. The molecule has 19 heavy (non-hydrogen) atoms. The summed E-state index contributed by atoms with van der Waals surface area (Å²) in [5, 5.41) is 13.1. The number of carboxylic acid groups (broad SMARTS) is 1. The SMILES string of the molecule is O=C(O)CCC(=O)NC(=O)NCCN1CCCCC1. The summed E-state index contributed by atoms with van der Waals surface area (Å²) in [6.45, 7) is 3.37. The summed E-state index contributed by atoms with van der Waals surface area (Å²) in [5.41, 5.74) is 0. The van der Waals surface area contributed by atoms with Gasteiger partial charge in [0.2, 0.25) is 5.91 Å². The first kappa shape index (κ1) is 15.4. The molecule has 3 amide bonds. The first-order valence-corrected chi connectivity index (χ1v) is 6.60. The standard InChI is InChI=1S/C12H21N3O4/c16-10(4-5-11(17)18)14-12(19)13-6-9-15-7-2-1-3-8-15/h1-9H2,(H,17,18)(H2,13,14,16,19). The maximum Gasteiger partial charge on any atom is 0.321 e. The summed E-state index contributed by atoms with van der Waals surface area (Å²) < 4.78 is 0. The monoisotopic (exact) mass is 271 g/mol. The van der Waals surface area contributed by atoms with Crippen molar-refractivity contribution < 1.29 is 19.5 Å². The van der Waals surface area contributed by atoms with E-state index >= 15 is 0 Å². The Kier molecular flexibility index (Phi) is 6.88. The Morgan fingerprint density at radius 2 is 1.74 bits per heavy atom. The van der Waals surface area contributed by atoms with E-state index in [1.54, 1.807) is 0 Å². The Morgan fingerprint density at radius 1 is 1.05 bits per heavy atom. The van der Waals surface area contributed by atoms with Crippen molar-refractivity contribution in [1.82, 2.24) is 15.5 Å². The number of nitrogens with zero attached hydrogens (tertiary/aromatic N) is 1. The molecule has 1 aliphatic rings. The first-order chi connectivity index (χ1) is 9.08. The third kappa shape index (κ3) is 7.40. The zero-order valence-corrected chi connectivity index (χ0v) is 11.0. The molecule has 1 heterocycles. The summed E-state index contributed by atoms with van der Waals surface area (Å²) in [7, 11) is 0. The molecule has 0 atom stereocenters. The van der Waals surface area contributed by atoms with Gasteiger partial charge in [0.1, 0.15) is 0 Å². The molecule has 1 fully saturated rings. The molecule has 7 heteroatoms. The Balaban J connectivity index is 2.06. The second-order valence-corrected chi connectivity index (χ2v) is 4.60. The van der Waals surface area contributed by atoms with E-state index in [-0.39, 0.29) is 12.8 Å². The molecular weight excluding hydrogens is 250 g/mol. The summed E-state index contributed by atoms with van der Waals surface area (Å²) in [6, 6.07) is -0.563. The normalized spacial score (nSPS) is 15.8. The molecule has 0 aromatic carbocycles. The van der Waals surface area contributed by atoms with Crippen LogP contribution in [0.5, 0.6) is 0 Å². The van der Waals surface area contributed by atoms with Crippen LogP contribution in [0.25, 0.3) is 0 Å². The lowest BCUT2D eigenvalue weighted by Gasteiger charge is -2.26. The molecule has 1 rings (SSSR count). The number of piperidine rings is 1. The van der Waals surface area contributed by atoms with Crippen LogP contribution in [-0.4, -0.2) is 54.1 Å². The maximum absolute atomic E-state index is 11.3. The van der Waals surface area contributed by atoms with Gasteiger partial charge in [-0.2, -0.15) is 0 Å². The van der Waals surface area contributed by atoms with E-state index in [1.807, 2.05) is 0 Å². The number of urea groups is 1. The van der Waals surface area contributed by atoms with E-state index in [1.165, 1.54) is 19.3 Å². The van der Waals surface area contributed by atoms with Crippen LogP contribution in [0.15, 0.2) is 0 Å². The van der Waals surface area contributed by atoms with Crippen LogP contribution in [0.3, 0.4) is 0 Å². The van der Waals surface area contributed by atoms with Crippen molar-refractivity contribution in [2.75, 3.05) is 26.2 Å². The topological polar surface area (TPSA) is 98.7 Å². The molecular formula is C12H21N3O4. The number of carbonyl (C=O) groups is 3. The minimum atomic E-state index is -1.05. The van der Waals surface area contributed by atoms with Gasteiger partial charge in [0.15, 0.2) is 0 Å². The van der Waals surface area contributed by atoms with Crippen molar-refractivity contribution in [3.63, 3.8) is 0 Å². The predicted octanol–water partition coefficient (Wildman–Crippen LogP) is 0.163. The quantitative estimate of drug-likeness (QED) is 0.639. The van der Waals surface area contributed by atoms with Crippen molar-refractivity contribution >= 4 is 17.9 Å². The number of hydrogen-bond donors (Lipinski definition) is 3. The third-order valence-electron chi connectivity index (χ3n) is 2.98. The largest absolute Gasteiger partial charge is 0.481 e. The highest BCUT2D eigenvalue weighted by Crippen LogP contribution is 2.07. The van der Waals surface area contributed by atoms with Crippen LogP contribution in [0.1, 0.15) is 32.1 Å². The smallest absolute Gasteiger partial charge is 0.321 e. The average Bonchev–Trinajstić information content (AvgIpc) is 2.37. The molecule has 3 N–H and O–H groups in total. The second kappa shape index (κ2) is 8.47. The van der Waals surface area contributed by atoms with Gasteiger partial charge in [-0.25, -0.2) is 4.79 Å². The molecule has 1 saturated heterocycles. The number of carboxylic acids is 1. The lowest BCUT2D eigenvalue weighted by atomic mass is 10.1. The molecule has 0 aromatic heterocycles. The second-order valence-electron chi connectivity index (χ2n) is 4.60. The van der Waals surface area contributed by atoms with E-state index in [0.717, 1.165) is 19.6 Å². The van der Waals surface area contributed by atoms with E-state index < -0.39 is 17.9 Å². The summed E-state index contributed by atoms with van der Waals surface area (Å²) in [4.78, 5) is 35.0. The van der Waals surface area contributed by atoms with E-state index in [2.05, 4.69) is 15.5 Å². The van der Waals surface area contributed by atoms with Gasteiger partial charge in [0.05, 0.1) is 6.42 Å². The van der Waals surface area contributed by atoms with Crippen LogP contribution in [0, 0.1) is 0 Å². The number of aliphatic carboxylic acids is 1. The number of imide groups is 1. The zero-order valence-electron chi connectivity index (χ0n) is 11.0. The fourth-order valence-corrected chi connectivity index (χ4v) is 1.96. The van der Waals surface area contributed by atoms with Gasteiger partial charge in [-0.05, 0) is 25.9 Å². The Hall–Kier alpha value is -1.63. The van der Waals surface area contributed by atoms with Crippen LogP contribution in [0.2, 0.25) is 0 Å². The van der Waals surface area contributed by atoms with Gasteiger partial charge in [0, 0.05) is 19.5 Å². The third-order valence-corrected chi connectivity index (χ3v) is 2.98. The van der Waals surface area contributed by atoms with Gasteiger partial charge in [0.25, 0.3) is 0 Å². The van der Waals surface area contributed by atoms with Gasteiger partial charge < -0.3 is 15.3 Å². The highest BCUT2D eigenvalue weighted by atomic mass is 16.4. The average molecular weight is 271 g/mol. The first-order valence-electron chi connectivity index (χ1n) is 6.60. The van der Waals surface area contributed by atoms with Crippen molar-refractivity contribution in [2.45, 2.75) is 32.1 Å². The van der Waals surface area contributed by atoms with Gasteiger partial charge in [-0.15, -0.1) is 0 Å². The van der Waals surface area contributed by atoms with Gasteiger partial charge in [-0.1, -0.05) is 6.42 Å². The number of nitrogens with one attached hydrogen (secondary N) is 2. The lowest BCUT2D eigenvalue weighted by Crippen LogP contribution is -2.43. The molecule has 0 radical (unpaired) electrons. The summed E-state index contributed by atoms with van der Waals surface area (Å²) in [6.07, 6.45) is 3.20. The zero-order chi connectivity index (χ0) is 14.1. The van der Waals surface area contributed by atoms with Gasteiger partial charge >= 0.3 is 12.0 Å². The van der Waals surface area contributed by atoms with E-state index in [9.17, 15) is 14.4 Å². The Labute approximate surface area is 112 Å². The van der Waals surface area contributed by atoms with Crippen molar-refractivity contribution in [3.05, 3.63) is 0 Å². The molecule has 108 valence electrons. The maximum atomic E-state index is 11.3. The fraction of sp³-hybridized carbons (Fsp3) is 0.750. The number of rotatable bonds is 6. The van der Waals surface area contributed by atoms with Crippen molar-refractivity contribution in [2.24, 2.45) is 0 Å². The summed E-state index contributed by atoms with van der Waals surface area (Å²) >= 11 is 0. The Morgan fingerprint density at radius 3 is 2.37 bits per heavy atom. The van der Waals surface area contributed by atoms with Crippen molar-refractivity contribution in [1.29, 1.82) is 0 Å². The summed E-state index contributed by atoms with van der Waals surface area (Å²) in [5.74, 6) is -1.63. The van der Waals surface area contributed by atoms with Crippen molar-refractivity contribution in [3.8, 4) is 0 Å². The van der Waals surface area contributed by atoms with Crippen LogP contribution in [0.4, 0.5) is 4.79 Å². The molecule has 0 aliphatic carbocycles. The van der Waals surface area contributed by atoms with Crippen LogP contribution in [-0.2, 0) is 9.59 Å². The number of likely N-dealkylation sites (tertiary alicyclic amines) is 1. The highest BCUT2D eigenvalue weighted by Gasteiger charge is 2.11. The molecule has 0 spiro atoms. The van der Waals surface area contributed by atoms with E-state index in [0.29, 0.717) is 6.54 Å². The van der Waals surface area contributed by atoms with Gasteiger partial charge in [-0.3, -0.25) is 14.9 Å². The number of hydrogen-bond acceptors (Lipinski definition) is 4. The minimum Gasteiger partial charge on any atom is -0.481 e.